The first-order valence-corrected chi connectivity index (χ1v) is 20.2. The lowest BCUT2D eigenvalue weighted by Crippen LogP contribution is -2.64. The van der Waals surface area contributed by atoms with Crippen LogP contribution in [-0.4, -0.2) is 132 Å². The summed E-state index contributed by atoms with van der Waals surface area (Å²) >= 11 is 0. The minimum atomic E-state index is -1.93. The maximum Gasteiger partial charge on any atom is 0.331 e. The summed E-state index contributed by atoms with van der Waals surface area (Å²) in [5.74, 6) is -2.00. The second kappa shape index (κ2) is 24.6. The van der Waals surface area contributed by atoms with Crippen molar-refractivity contribution in [2.75, 3.05) is 13.2 Å². The van der Waals surface area contributed by atoms with Gasteiger partial charge >= 0.3 is 11.9 Å². The zero-order valence-corrected chi connectivity index (χ0v) is 33.8. The van der Waals surface area contributed by atoms with Crippen LogP contribution in [0.4, 0.5) is 0 Å². The molecule has 58 heavy (non-hydrogen) atoms. The fourth-order valence-electron chi connectivity index (χ4n) is 6.69. The number of rotatable bonds is 22. The largest absolute Gasteiger partial charge is 0.508 e. The molecule has 13 atom stereocenters. The number of hydrogen-bond donors (Lipinski definition) is 9. The van der Waals surface area contributed by atoms with Crippen molar-refractivity contribution in [3.05, 3.63) is 59.7 Å². The first kappa shape index (κ1) is 48.9. The Kier molecular flexibility index (Phi) is 20.8. The van der Waals surface area contributed by atoms with Gasteiger partial charge in [-0.15, -0.1) is 0 Å². The number of phenols is 2. The monoisotopic (exact) mass is 824 g/mol. The van der Waals surface area contributed by atoms with Gasteiger partial charge in [0.1, 0.15) is 66.9 Å². The minimum absolute atomic E-state index is 0.0430. The molecule has 2 fully saturated rings. The van der Waals surface area contributed by atoms with E-state index in [1.807, 2.05) is 13.8 Å². The maximum absolute atomic E-state index is 13.2. The molecule has 2 aliphatic rings. The number of ether oxygens (including phenoxy) is 5. The molecule has 328 valence electrons. The Hall–Kier alpha value is -3.42. The summed E-state index contributed by atoms with van der Waals surface area (Å²) in [6.45, 7) is 6.07. The van der Waals surface area contributed by atoms with Crippen LogP contribution < -0.4 is 0 Å². The van der Waals surface area contributed by atoms with Crippen molar-refractivity contribution in [2.45, 2.75) is 153 Å². The molecule has 16 nitrogen and oxygen atoms in total. The van der Waals surface area contributed by atoms with Crippen LogP contribution in [0, 0.1) is 11.8 Å². The van der Waals surface area contributed by atoms with Crippen molar-refractivity contribution < 1.29 is 79.2 Å². The molecule has 9 N–H and O–H groups in total. The molecule has 2 heterocycles. The highest BCUT2D eigenvalue weighted by Crippen LogP contribution is 2.42. The SMILES string of the molecule is CCCCC(=O)OCC1OC(OC2C(CO)OC(c3c(O)cc(O)cc3CO)C(O)C2OC(=O)C=CC=CCC(O)C(C)CCCC=CC(C)CC)C(O)C(O)C1O. The van der Waals surface area contributed by atoms with E-state index in [9.17, 15) is 55.5 Å². The number of aromatic hydroxyl groups is 2. The fraction of sp³-hybridized carbons (Fsp3) is 0.667. The van der Waals surface area contributed by atoms with Gasteiger partial charge in [0, 0.05) is 24.1 Å². The summed E-state index contributed by atoms with van der Waals surface area (Å²) in [5.41, 5.74) is -0.237. The molecule has 0 aromatic heterocycles. The number of benzene rings is 1. The smallest absolute Gasteiger partial charge is 0.331 e. The Bertz CT molecular complexity index is 1500. The number of carbonyl (C=O) groups is 2. The highest BCUT2D eigenvalue weighted by molar-refractivity contribution is 5.82. The second-order valence-corrected chi connectivity index (χ2v) is 15.1. The Morgan fingerprint density at radius 1 is 0.897 bits per heavy atom. The third-order valence-electron chi connectivity index (χ3n) is 10.5. The fourth-order valence-corrected chi connectivity index (χ4v) is 6.69. The summed E-state index contributed by atoms with van der Waals surface area (Å²) in [7, 11) is 0. The number of hydrogen-bond acceptors (Lipinski definition) is 16. The number of aliphatic hydroxyl groups excluding tert-OH is 7. The van der Waals surface area contributed by atoms with Crippen molar-refractivity contribution in [3.8, 4) is 11.5 Å². The number of unbranched alkanes of at least 4 members (excludes halogenated alkanes) is 2. The van der Waals surface area contributed by atoms with Gasteiger partial charge in [0.05, 0.1) is 19.3 Å². The normalized spacial score (nSPS) is 29.5. The summed E-state index contributed by atoms with van der Waals surface area (Å²) < 4.78 is 28.5. The number of allylic oxidation sites excluding steroid dienone is 4. The third kappa shape index (κ3) is 14.1. The van der Waals surface area contributed by atoms with Gasteiger partial charge in [-0.2, -0.15) is 0 Å². The molecule has 1 aromatic rings. The van der Waals surface area contributed by atoms with Gasteiger partial charge < -0.3 is 69.6 Å². The summed E-state index contributed by atoms with van der Waals surface area (Å²) in [5, 5.41) is 95.7. The molecular weight excluding hydrogens is 760 g/mol. The highest BCUT2D eigenvalue weighted by atomic mass is 16.7. The van der Waals surface area contributed by atoms with E-state index in [0.29, 0.717) is 18.8 Å². The predicted octanol–water partition coefficient (Wildman–Crippen LogP) is 2.49. The zero-order valence-electron chi connectivity index (χ0n) is 33.8. The molecule has 0 radical (unpaired) electrons. The van der Waals surface area contributed by atoms with Crippen LogP contribution >= 0.6 is 0 Å². The van der Waals surface area contributed by atoms with Crippen LogP contribution in [0.15, 0.2) is 48.6 Å². The molecule has 0 saturated carbocycles. The van der Waals surface area contributed by atoms with Crippen LogP contribution in [-0.2, 0) is 39.9 Å². The summed E-state index contributed by atoms with van der Waals surface area (Å²) in [6.07, 6.45) is -2.17. The van der Waals surface area contributed by atoms with Crippen LogP contribution in [0.5, 0.6) is 11.5 Å². The number of carbonyl (C=O) groups excluding carboxylic acids is 2. The van der Waals surface area contributed by atoms with Crippen molar-refractivity contribution >= 4 is 11.9 Å². The first-order valence-electron chi connectivity index (χ1n) is 20.2. The van der Waals surface area contributed by atoms with Gasteiger partial charge in [0.25, 0.3) is 0 Å². The number of phenolic OH excluding ortho intramolecular Hbond substituents is 2. The van der Waals surface area contributed by atoms with Gasteiger partial charge in [0.2, 0.25) is 0 Å². The molecule has 0 bridgehead atoms. The van der Waals surface area contributed by atoms with E-state index < -0.39 is 111 Å². The molecule has 16 heteroatoms. The van der Waals surface area contributed by atoms with Crippen LogP contribution in [0.3, 0.4) is 0 Å². The lowest BCUT2D eigenvalue weighted by atomic mass is 9.88. The van der Waals surface area contributed by atoms with Crippen LogP contribution in [0.2, 0.25) is 0 Å². The lowest BCUT2D eigenvalue weighted by Gasteiger charge is -2.47. The van der Waals surface area contributed by atoms with E-state index in [2.05, 4.69) is 26.0 Å². The summed E-state index contributed by atoms with van der Waals surface area (Å²) in [6, 6.07) is 2.06. The van der Waals surface area contributed by atoms with E-state index in [-0.39, 0.29) is 23.5 Å². The average molecular weight is 825 g/mol. The molecule has 3 rings (SSSR count). The van der Waals surface area contributed by atoms with Gasteiger partial charge in [-0.3, -0.25) is 4.79 Å². The Balaban J connectivity index is 1.80. The van der Waals surface area contributed by atoms with Gasteiger partial charge in [0.15, 0.2) is 12.4 Å². The molecule has 13 unspecified atom stereocenters. The van der Waals surface area contributed by atoms with Crippen molar-refractivity contribution in [1.82, 2.24) is 0 Å². The lowest BCUT2D eigenvalue weighted by molar-refractivity contribution is -0.343. The quantitative estimate of drug-likeness (QED) is 0.0267. The number of esters is 2. The second-order valence-electron chi connectivity index (χ2n) is 15.1. The third-order valence-corrected chi connectivity index (χ3v) is 10.5. The van der Waals surface area contributed by atoms with Gasteiger partial charge in [-0.1, -0.05) is 70.9 Å². The molecular formula is C42H64O16. The van der Waals surface area contributed by atoms with Crippen molar-refractivity contribution in [1.29, 1.82) is 0 Å². The Labute approximate surface area is 340 Å². The predicted molar refractivity (Wildman–Crippen MR) is 209 cm³/mol. The maximum atomic E-state index is 13.2. The zero-order chi connectivity index (χ0) is 42.9. The summed E-state index contributed by atoms with van der Waals surface area (Å²) in [4.78, 5) is 25.4. The van der Waals surface area contributed by atoms with E-state index in [1.54, 1.807) is 6.08 Å². The highest BCUT2D eigenvalue weighted by Gasteiger charge is 2.53. The van der Waals surface area contributed by atoms with Crippen LogP contribution in [0.1, 0.15) is 96.3 Å². The first-order chi connectivity index (χ1) is 27.7. The van der Waals surface area contributed by atoms with E-state index in [1.165, 1.54) is 12.2 Å². The molecule has 0 amide bonds. The number of aliphatic hydroxyl groups is 7. The van der Waals surface area contributed by atoms with Crippen LogP contribution in [0.25, 0.3) is 0 Å². The Morgan fingerprint density at radius 3 is 2.31 bits per heavy atom. The minimum Gasteiger partial charge on any atom is -0.508 e. The molecule has 2 aliphatic heterocycles. The van der Waals surface area contributed by atoms with Crippen molar-refractivity contribution in [2.24, 2.45) is 11.8 Å². The molecule has 0 aliphatic carbocycles. The standard InChI is InChI=1S/C42H64O16/c1-5-7-17-32(48)54-23-31-35(50)36(51)37(52)42(56-31)58-39-30(22-44)55-40(34-26(21-43)19-27(45)20-29(34)47)38(53)41(39)57-33(49)18-13-9-12-16-28(46)25(4)15-11-8-10-14-24(3)6-2/h9-10,12-14,18-20,24-25,28,30-31,35-47,50-53H,5-8,11,15-17,21-23H2,1-4H3. The van der Waals surface area contributed by atoms with E-state index in [0.717, 1.165) is 50.3 Å². The Morgan fingerprint density at radius 2 is 1.64 bits per heavy atom. The van der Waals surface area contributed by atoms with Gasteiger partial charge in [-0.05, 0) is 55.6 Å². The van der Waals surface area contributed by atoms with Crippen molar-refractivity contribution in [3.63, 3.8) is 0 Å². The van der Waals surface area contributed by atoms with E-state index >= 15 is 0 Å². The van der Waals surface area contributed by atoms with Gasteiger partial charge in [-0.25, -0.2) is 4.79 Å². The van der Waals surface area contributed by atoms with E-state index in [4.69, 9.17) is 23.7 Å². The molecule has 0 spiro atoms. The molecule has 2 saturated heterocycles. The average Bonchev–Trinajstić information content (AvgIpc) is 3.20. The topological polar surface area (TPSA) is 262 Å². The molecule has 1 aromatic carbocycles.